The van der Waals surface area contributed by atoms with Crippen molar-refractivity contribution in [3.05, 3.63) is 30.1 Å². The van der Waals surface area contributed by atoms with Gasteiger partial charge in [0.1, 0.15) is 5.82 Å². The molecule has 2 aliphatic heterocycles. The van der Waals surface area contributed by atoms with E-state index in [9.17, 15) is 4.39 Å². The van der Waals surface area contributed by atoms with Crippen LogP contribution >= 0.6 is 35.7 Å². The van der Waals surface area contributed by atoms with Gasteiger partial charge in [-0.2, -0.15) is 0 Å². The number of benzene rings is 1. The minimum atomic E-state index is -0.188. The first kappa shape index (κ1) is 23.7. The van der Waals surface area contributed by atoms with E-state index >= 15 is 0 Å². The summed E-state index contributed by atoms with van der Waals surface area (Å²) >= 11 is 1.72. The lowest BCUT2D eigenvalue weighted by Gasteiger charge is -2.29. The fourth-order valence-corrected chi connectivity index (χ4v) is 4.34. The quantitative estimate of drug-likeness (QED) is 0.196. The molecule has 158 valence electrons. The van der Waals surface area contributed by atoms with Gasteiger partial charge in [0.25, 0.3) is 0 Å². The van der Waals surface area contributed by atoms with Crippen molar-refractivity contribution in [3.63, 3.8) is 0 Å². The van der Waals surface area contributed by atoms with E-state index < -0.39 is 0 Å². The molecular weight excluding hydrogens is 490 g/mol. The van der Waals surface area contributed by atoms with Crippen molar-refractivity contribution in [1.29, 1.82) is 0 Å². The topological polar surface area (TPSA) is 40.1 Å². The molecule has 0 radical (unpaired) electrons. The van der Waals surface area contributed by atoms with Gasteiger partial charge in [-0.3, -0.25) is 9.89 Å². The van der Waals surface area contributed by atoms with Crippen molar-refractivity contribution in [3.8, 4) is 0 Å². The number of morpholine rings is 1. The standard InChI is InChI=1S/C20H31FN4OS.HI/c1-2-22-20(23-8-14-27-19-5-3-18(21)4-6-19)25-9-7-17(16-25)15-24-10-12-26-13-11-24;/h3-6,17H,2,7-16H2,1H3,(H,22,23);1H. The fourth-order valence-electron chi connectivity index (χ4n) is 3.59. The Hall–Kier alpha value is -0.580. The van der Waals surface area contributed by atoms with Crippen LogP contribution in [0.15, 0.2) is 34.2 Å². The van der Waals surface area contributed by atoms with Crippen LogP contribution in [0.25, 0.3) is 0 Å². The van der Waals surface area contributed by atoms with Crippen molar-refractivity contribution in [2.24, 2.45) is 10.9 Å². The van der Waals surface area contributed by atoms with Crippen LogP contribution in [0, 0.1) is 11.7 Å². The van der Waals surface area contributed by atoms with Crippen molar-refractivity contribution in [2.45, 2.75) is 18.2 Å². The van der Waals surface area contributed by atoms with E-state index in [1.807, 2.05) is 12.1 Å². The van der Waals surface area contributed by atoms with Crippen LogP contribution in [0.5, 0.6) is 0 Å². The number of ether oxygens (including phenoxy) is 1. The summed E-state index contributed by atoms with van der Waals surface area (Å²) in [6, 6.07) is 6.67. The molecule has 0 aromatic heterocycles. The maximum absolute atomic E-state index is 13.0. The second kappa shape index (κ2) is 12.9. The molecule has 2 heterocycles. The van der Waals surface area contributed by atoms with E-state index in [2.05, 4.69) is 22.0 Å². The second-order valence-electron chi connectivity index (χ2n) is 7.05. The van der Waals surface area contributed by atoms with E-state index in [4.69, 9.17) is 9.73 Å². The third kappa shape index (κ3) is 7.68. The highest BCUT2D eigenvalue weighted by Crippen LogP contribution is 2.19. The van der Waals surface area contributed by atoms with Gasteiger partial charge in [-0.1, -0.05) is 0 Å². The van der Waals surface area contributed by atoms with Crippen LogP contribution < -0.4 is 5.32 Å². The van der Waals surface area contributed by atoms with Gasteiger partial charge in [-0.05, 0) is 43.5 Å². The average molecular weight is 522 g/mol. The van der Waals surface area contributed by atoms with Gasteiger partial charge in [0.05, 0.1) is 19.8 Å². The number of rotatable bonds is 7. The van der Waals surface area contributed by atoms with Crippen LogP contribution in [0.3, 0.4) is 0 Å². The Morgan fingerprint density at radius 3 is 2.71 bits per heavy atom. The van der Waals surface area contributed by atoms with Crippen LogP contribution in [0.4, 0.5) is 4.39 Å². The molecule has 1 N–H and O–H groups in total. The SMILES string of the molecule is CCNC(=NCCSc1ccc(F)cc1)N1CCC(CN2CCOCC2)C1.I. The summed E-state index contributed by atoms with van der Waals surface area (Å²) in [7, 11) is 0. The first-order valence-electron chi connectivity index (χ1n) is 9.96. The number of aliphatic imine (C=N–C) groups is 1. The molecule has 2 fully saturated rings. The van der Waals surface area contributed by atoms with Gasteiger partial charge in [0.15, 0.2) is 5.96 Å². The Morgan fingerprint density at radius 2 is 2.00 bits per heavy atom. The Kier molecular flexibility index (Phi) is 10.9. The minimum absolute atomic E-state index is 0. The minimum Gasteiger partial charge on any atom is -0.379 e. The van der Waals surface area contributed by atoms with Crippen LogP contribution in [-0.4, -0.2) is 80.5 Å². The lowest BCUT2D eigenvalue weighted by molar-refractivity contribution is 0.0315. The summed E-state index contributed by atoms with van der Waals surface area (Å²) in [5.74, 6) is 2.45. The molecule has 2 saturated heterocycles. The highest BCUT2D eigenvalue weighted by atomic mass is 127. The lowest BCUT2D eigenvalue weighted by atomic mass is 10.1. The summed E-state index contributed by atoms with van der Waals surface area (Å²) < 4.78 is 18.4. The zero-order valence-electron chi connectivity index (χ0n) is 16.6. The average Bonchev–Trinajstić information content (AvgIpc) is 3.15. The third-order valence-electron chi connectivity index (χ3n) is 4.98. The van der Waals surface area contributed by atoms with E-state index in [-0.39, 0.29) is 29.8 Å². The van der Waals surface area contributed by atoms with Crippen LogP contribution in [0.2, 0.25) is 0 Å². The number of guanidine groups is 1. The Morgan fingerprint density at radius 1 is 1.25 bits per heavy atom. The molecule has 1 atom stereocenters. The summed E-state index contributed by atoms with van der Waals surface area (Å²) in [6.07, 6.45) is 1.23. The molecular formula is C20H32FIN4OS. The Bertz CT molecular complexity index is 598. The number of thioether (sulfide) groups is 1. The number of likely N-dealkylation sites (tertiary alicyclic amines) is 1. The molecule has 28 heavy (non-hydrogen) atoms. The molecule has 1 unspecified atom stereocenters. The first-order chi connectivity index (χ1) is 13.2. The predicted octanol–water partition coefficient (Wildman–Crippen LogP) is 3.16. The highest BCUT2D eigenvalue weighted by molar-refractivity contribution is 14.0. The normalized spacial score (nSPS) is 20.9. The Labute approximate surface area is 189 Å². The molecule has 5 nitrogen and oxygen atoms in total. The smallest absolute Gasteiger partial charge is 0.193 e. The largest absolute Gasteiger partial charge is 0.379 e. The predicted molar refractivity (Wildman–Crippen MR) is 125 cm³/mol. The van der Waals surface area contributed by atoms with E-state index in [1.54, 1.807) is 11.8 Å². The summed E-state index contributed by atoms with van der Waals surface area (Å²) in [5.41, 5.74) is 0. The molecule has 3 rings (SSSR count). The molecule has 8 heteroatoms. The Balaban J connectivity index is 0.00000280. The molecule has 0 amide bonds. The van der Waals surface area contributed by atoms with Crippen molar-refractivity contribution in [1.82, 2.24) is 15.1 Å². The summed E-state index contributed by atoms with van der Waals surface area (Å²) in [5, 5.41) is 3.44. The fraction of sp³-hybridized carbons (Fsp3) is 0.650. The molecule has 0 spiro atoms. The van der Waals surface area contributed by atoms with Gasteiger partial charge >= 0.3 is 0 Å². The number of nitrogens with zero attached hydrogens (tertiary/aromatic N) is 3. The maximum atomic E-state index is 13.0. The molecule has 2 aliphatic rings. The summed E-state index contributed by atoms with van der Waals surface area (Å²) in [6.45, 7) is 10.9. The molecule has 0 bridgehead atoms. The molecule has 1 aromatic rings. The number of halogens is 2. The van der Waals surface area contributed by atoms with Gasteiger partial charge in [0.2, 0.25) is 0 Å². The van der Waals surface area contributed by atoms with Crippen molar-refractivity contribution < 1.29 is 9.13 Å². The molecule has 0 aliphatic carbocycles. The maximum Gasteiger partial charge on any atom is 0.193 e. The zero-order valence-corrected chi connectivity index (χ0v) is 19.8. The first-order valence-corrected chi connectivity index (χ1v) is 10.9. The van der Waals surface area contributed by atoms with Crippen molar-refractivity contribution in [2.75, 3.05) is 64.8 Å². The van der Waals surface area contributed by atoms with Crippen molar-refractivity contribution >= 4 is 41.7 Å². The lowest BCUT2D eigenvalue weighted by Crippen LogP contribution is -2.42. The van der Waals surface area contributed by atoms with Gasteiger partial charge in [0, 0.05) is 49.9 Å². The second-order valence-corrected chi connectivity index (χ2v) is 8.22. The molecule has 1 aromatic carbocycles. The number of hydrogen-bond donors (Lipinski definition) is 1. The van der Waals surface area contributed by atoms with Gasteiger partial charge in [-0.15, -0.1) is 35.7 Å². The summed E-state index contributed by atoms with van der Waals surface area (Å²) in [4.78, 5) is 10.8. The van der Waals surface area contributed by atoms with E-state index in [0.717, 1.165) is 69.1 Å². The van der Waals surface area contributed by atoms with E-state index in [0.29, 0.717) is 5.92 Å². The van der Waals surface area contributed by atoms with E-state index in [1.165, 1.54) is 25.1 Å². The third-order valence-corrected chi connectivity index (χ3v) is 5.97. The number of nitrogens with one attached hydrogen (secondary N) is 1. The zero-order chi connectivity index (χ0) is 18.9. The number of hydrogen-bond acceptors (Lipinski definition) is 4. The molecule has 0 saturated carbocycles. The van der Waals surface area contributed by atoms with Gasteiger partial charge < -0.3 is 15.0 Å². The van der Waals surface area contributed by atoms with Gasteiger partial charge in [-0.25, -0.2) is 4.39 Å². The van der Waals surface area contributed by atoms with Crippen LogP contribution in [0.1, 0.15) is 13.3 Å². The van der Waals surface area contributed by atoms with Crippen LogP contribution in [-0.2, 0) is 4.74 Å². The highest BCUT2D eigenvalue weighted by Gasteiger charge is 2.27. The monoisotopic (exact) mass is 522 g/mol.